The van der Waals surface area contributed by atoms with Gasteiger partial charge in [-0.05, 0) is 48.6 Å². The summed E-state index contributed by atoms with van der Waals surface area (Å²) in [5.74, 6) is -0.00810. The van der Waals surface area contributed by atoms with Crippen molar-refractivity contribution in [3.05, 3.63) is 48.0 Å². The summed E-state index contributed by atoms with van der Waals surface area (Å²) in [6.45, 7) is 0. The highest BCUT2D eigenvalue weighted by Gasteiger charge is 2.66. The van der Waals surface area contributed by atoms with Gasteiger partial charge in [-0.1, -0.05) is 37.9 Å². The highest BCUT2D eigenvalue weighted by Crippen LogP contribution is 2.60. The van der Waals surface area contributed by atoms with Gasteiger partial charge in [-0.3, -0.25) is 19.3 Å². The van der Waals surface area contributed by atoms with E-state index in [0.29, 0.717) is 28.4 Å². The number of ether oxygens (including phenoxy) is 2. The van der Waals surface area contributed by atoms with Crippen LogP contribution >= 0.6 is 31.9 Å². The zero-order valence-electron chi connectivity index (χ0n) is 18.0. The first-order chi connectivity index (χ1) is 15.8. The van der Waals surface area contributed by atoms with E-state index in [1.54, 1.807) is 42.5 Å². The molecule has 6 atom stereocenters. The number of amides is 3. The molecule has 3 aliphatic rings. The van der Waals surface area contributed by atoms with Crippen LogP contribution in [0.4, 0.5) is 11.4 Å². The highest BCUT2D eigenvalue weighted by molar-refractivity contribution is 9.12. The van der Waals surface area contributed by atoms with Gasteiger partial charge in [-0.25, -0.2) is 0 Å². The number of carbonyl (C=O) groups is 3. The van der Waals surface area contributed by atoms with E-state index >= 15 is 0 Å². The van der Waals surface area contributed by atoms with Crippen molar-refractivity contribution in [1.29, 1.82) is 0 Å². The molecule has 0 spiro atoms. The lowest BCUT2D eigenvalue weighted by Gasteiger charge is -2.28. The van der Waals surface area contributed by atoms with Crippen molar-refractivity contribution < 1.29 is 23.9 Å². The third-order valence-electron chi connectivity index (χ3n) is 7.01. The minimum Gasteiger partial charge on any atom is -0.497 e. The Kier molecular flexibility index (Phi) is 5.73. The van der Waals surface area contributed by atoms with Crippen molar-refractivity contribution in [3.63, 3.8) is 0 Å². The van der Waals surface area contributed by atoms with Crippen LogP contribution in [-0.2, 0) is 9.59 Å². The molecule has 1 saturated heterocycles. The molecule has 33 heavy (non-hydrogen) atoms. The zero-order valence-corrected chi connectivity index (χ0v) is 21.1. The summed E-state index contributed by atoms with van der Waals surface area (Å²) in [7, 11) is 3.06. The fraction of sp³-hybridized carbons (Fsp3) is 0.375. The van der Waals surface area contributed by atoms with Gasteiger partial charge in [0.15, 0.2) is 0 Å². The molecular formula is C24H22Br2N2O5. The van der Waals surface area contributed by atoms with Crippen LogP contribution in [0.2, 0.25) is 0 Å². The van der Waals surface area contributed by atoms with E-state index < -0.39 is 0 Å². The van der Waals surface area contributed by atoms with E-state index in [1.165, 1.54) is 19.1 Å². The molecule has 2 bridgehead atoms. The number of benzene rings is 2. The van der Waals surface area contributed by atoms with Crippen LogP contribution < -0.4 is 19.7 Å². The molecule has 1 aliphatic heterocycles. The second-order valence-electron chi connectivity index (χ2n) is 8.59. The van der Waals surface area contributed by atoms with Gasteiger partial charge in [0.05, 0.1) is 37.4 Å². The Hall–Kier alpha value is -2.39. The lowest BCUT2D eigenvalue weighted by Crippen LogP contribution is -2.37. The van der Waals surface area contributed by atoms with Crippen LogP contribution in [0.5, 0.6) is 11.5 Å². The molecule has 7 nitrogen and oxygen atoms in total. The standard InChI is InChI=1S/C24H22Br2N2O5/c1-32-13-6-7-17(33-2)16(9-13)27-22(29)11-4-3-5-12(8-11)28-23(30)18-14-10-15(19(18)24(28)31)21(26)20(14)25/h3-9,14-15,18-21H,10H2,1-2H3,(H,27,29)/t14-,15-,18-,19+,20+,21+/m1/s1. The Labute approximate surface area is 208 Å². The lowest BCUT2D eigenvalue weighted by atomic mass is 9.81. The second kappa shape index (κ2) is 8.43. The molecule has 1 N–H and O–H groups in total. The fourth-order valence-electron chi connectivity index (χ4n) is 5.50. The van der Waals surface area contributed by atoms with Crippen molar-refractivity contribution in [2.45, 2.75) is 16.1 Å². The van der Waals surface area contributed by atoms with E-state index in [1.807, 2.05) is 0 Å². The van der Waals surface area contributed by atoms with Crippen LogP contribution in [0.3, 0.4) is 0 Å². The summed E-state index contributed by atoms with van der Waals surface area (Å²) in [5.41, 5.74) is 1.20. The SMILES string of the molecule is COc1ccc(OC)c(NC(=O)c2cccc(N3C(=O)[C@@H]4[C@H]5C[C@@H]([C@H](Br)[C@H]5Br)[C@@H]4C3=O)c2)c1. The van der Waals surface area contributed by atoms with E-state index in [2.05, 4.69) is 37.2 Å². The van der Waals surface area contributed by atoms with Crippen LogP contribution in [0.15, 0.2) is 42.5 Å². The predicted octanol–water partition coefficient (Wildman–Crippen LogP) is 4.24. The van der Waals surface area contributed by atoms with Crippen LogP contribution in [0.25, 0.3) is 0 Å². The lowest BCUT2D eigenvalue weighted by molar-refractivity contribution is -0.123. The Morgan fingerprint density at radius 2 is 1.64 bits per heavy atom. The molecule has 1 heterocycles. The van der Waals surface area contributed by atoms with Gasteiger partial charge in [0, 0.05) is 21.3 Å². The van der Waals surface area contributed by atoms with Crippen molar-refractivity contribution in [2.75, 3.05) is 24.4 Å². The number of nitrogens with zero attached hydrogens (tertiary/aromatic N) is 1. The third kappa shape index (κ3) is 3.47. The molecule has 0 unspecified atom stereocenters. The molecule has 2 aliphatic carbocycles. The predicted molar refractivity (Wildman–Crippen MR) is 130 cm³/mol. The van der Waals surface area contributed by atoms with Gasteiger partial charge >= 0.3 is 0 Å². The van der Waals surface area contributed by atoms with Crippen molar-refractivity contribution in [3.8, 4) is 11.5 Å². The van der Waals surface area contributed by atoms with E-state index in [9.17, 15) is 14.4 Å². The number of imide groups is 1. The van der Waals surface area contributed by atoms with Crippen molar-refractivity contribution >= 4 is 61.0 Å². The second-order valence-corrected chi connectivity index (χ2v) is 10.7. The highest BCUT2D eigenvalue weighted by atomic mass is 79.9. The summed E-state index contributed by atoms with van der Waals surface area (Å²) < 4.78 is 10.6. The number of anilines is 2. The Morgan fingerprint density at radius 3 is 2.24 bits per heavy atom. The molecule has 172 valence electrons. The molecule has 3 fully saturated rings. The fourth-order valence-corrected chi connectivity index (χ4v) is 7.37. The van der Waals surface area contributed by atoms with Crippen molar-refractivity contribution in [2.24, 2.45) is 23.7 Å². The maximum atomic E-state index is 13.3. The van der Waals surface area contributed by atoms with Crippen LogP contribution in [-0.4, -0.2) is 41.6 Å². The smallest absolute Gasteiger partial charge is 0.255 e. The summed E-state index contributed by atoms with van der Waals surface area (Å²) >= 11 is 7.41. The molecule has 2 saturated carbocycles. The van der Waals surface area contributed by atoms with Gasteiger partial charge in [-0.2, -0.15) is 0 Å². The molecule has 0 aromatic heterocycles. The van der Waals surface area contributed by atoms with Gasteiger partial charge in [-0.15, -0.1) is 0 Å². The molecule has 2 aromatic rings. The monoisotopic (exact) mass is 576 g/mol. The van der Waals surface area contributed by atoms with Crippen LogP contribution in [0.1, 0.15) is 16.8 Å². The first kappa shape index (κ1) is 22.4. The van der Waals surface area contributed by atoms with Crippen molar-refractivity contribution in [1.82, 2.24) is 0 Å². The maximum Gasteiger partial charge on any atom is 0.255 e. The molecular weight excluding hydrogens is 556 g/mol. The van der Waals surface area contributed by atoms with Gasteiger partial charge in [0.1, 0.15) is 11.5 Å². The number of hydrogen-bond acceptors (Lipinski definition) is 5. The van der Waals surface area contributed by atoms with Gasteiger partial charge < -0.3 is 14.8 Å². The first-order valence-corrected chi connectivity index (χ1v) is 12.5. The minimum atomic E-state index is -0.385. The normalized spacial score (nSPS) is 29.9. The largest absolute Gasteiger partial charge is 0.497 e. The summed E-state index contributed by atoms with van der Waals surface area (Å²) in [4.78, 5) is 41.2. The average molecular weight is 578 g/mol. The summed E-state index contributed by atoms with van der Waals surface area (Å²) in [5, 5.41) is 2.82. The van der Waals surface area contributed by atoms with Gasteiger partial charge in [0.2, 0.25) is 11.8 Å². The Bertz CT molecular complexity index is 1120. The van der Waals surface area contributed by atoms with Gasteiger partial charge in [0.25, 0.3) is 5.91 Å². The number of hydrogen-bond donors (Lipinski definition) is 1. The number of nitrogens with one attached hydrogen (secondary N) is 1. The van der Waals surface area contributed by atoms with E-state index in [4.69, 9.17) is 9.47 Å². The van der Waals surface area contributed by atoms with E-state index in [-0.39, 0.29) is 51.0 Å². The molecule has 9 heteroatoms. The molecule has 0 radical (unpaired) electrons. The number of rotatable bonds is 5. The number of fused-ring (bicyclic) bond motifs is 5. The Morgan fingerprint density at radius 1 is 0.970 bits per heavy atom. The first-order valence-electron chi connectivity index (χ1n) is 10.6. The quantitative estimate of drug-likeness (QED) is 0.424. The maximum absolute atomic E-state index is 13.3. The summed E-state index contributed by atoms with van der Waals surface area (Å²) in [6.07, 6.45) is 0.872. The van der Waals surface area contributed by atoms with Crippen LogP contribution in [0, 0.1) is 23.7 Å². The number of carbonyl (C=O) groups excluding carboxylic acids is 3. The van der Waals surface area contributed by atoms with E-state index in [0.717, 1.165) is 6.42 Å². The minimum absolute atomic E-state index is 0.137. The Balaban J connectivity index is 1.41. The number of halogens is 2. The number of alkyl halides is 2. The topological polar surface area (TPSA) is 84.9 Å². The third-order valence-corrected chi connectivity index (χ3v) is 10.2. The molecule has 2 aromatic carbocycles. The molecule has 3 amide bonds. The number of methoxy groups -OCH3 is 2. The zero-order chi connectivity index (χ0) is 23.4. The molecule has 5 rings (SSSR count). The summed E-state index contributed by atoms with van der Waals surface area (Å²) in [6, 6.07) is 11.7. The average Bonchev–Trinajstić information content (AvgIpc) is 3.43.